The first-order valence-corrected chi connectivity index (χ1v) is 5.75. The molecule has 0 radical (unpaired) electrons. The van der Waals surface area contributed by atoms with Gasteiger partial charge in [0.05, 0.1) is 0 Å². The number of likely N-dealkylation sites (N-methyl/N-ethyl adjacent to an activating group) is 1. The monoisotopic (exact) mass is 211 g/mol. The SMILES string of the molecule is CC.CC.CNCCc1ccc(O)cc1. The topological polar surface area (TPSA) is 32.3 Å². The molecule has 88 valence electrons. The van der Waals surface area contributed by atoms with Crippen molar-refractivity contribution in [1.29, 1.82) is 0 Å². The van der Waals surface area contributed by atoms with Crippen molar-refractivity contribution in [3.8, 4) is 5.75 Å². The summed E-state index contributed by atoms with van der Waals surface area (Å²) in [6.07, 6.45) is 1.01. The van der Waals surface area contributed by atoms with Crippen molar-refractivity contribution >= 4 is 0 Å². The van der Waals surface area contributed by atoms with Gasteiger partial charge in [-0.1, -0.05) is 39.8 Å². The molecule has 0 saturated heterocycles. The van der Waals surface area contributed by atoms with E-state index in [1.807, 2.05) is 46.9 Å². The van der Waals surface area contributed by atoms with E-state index in [1.165, 1.54) is 5.56 Å². The molecule has 0 aliphatic carbocycles. The molecule has 0 spiro atoms. The Morgan fingerprint density at radius 2 is 1.47 bits per heavy atom. The molecular formula is C13H25NO. The maximum absolute atomic E-state index is 8.97. The second-order valence-corrected chi connectivity index (χ2v) is 2.52. The van der Waals surface area contributed by atoms with Crippen LogP contribution in [0.15, 0.2) is 24.3 Å². The van der Waals surface area contributed by atoms with Crippen molar-refractivity contribution < 1.29 is 5.11 Å². The number of rotatable bonds is 3. The Hall–Kier alpha value is -1.02. The van der Waals surface area contributed by atoms with Crippen LogP contribution in [0.1, 0.15) is 33.3 Å². The Morgan fingerprint density at radius 1 is 1.00 bits per heavy atom. The molecule has 1 aromatic carbocycles. The molecule has 0 saturated carbocycles. The zero-order valence-electron chi connectivity index (χ0n) is 10.7. The highest BCUT2D eigenvalue weighted by atomic mass is 16.3. The van der Waals surface area contributed by atoms with Crippen LogP contribution in [-0.2, 0) is 6.42 Å². The summed E-state index contributed by atoms with van der Waals surface area (Å²) in [6, 6.07) is 7.30. The second kappa shape index (κ2) is 13.0. The third-order valence-electron chi connectivity index (χ3n) is 1.60. The van der Waals surface area contributed by atoms with Gasteiger partial charge < -0.3 is 10.4 Å². The van der Waals surface area contributed by atoms with Gasteiger partial charge in [-0.25, -0.2) is 0 Å². The van der Waals surface area contributed by atoms with Crippen LogP contribution >= 0.6 is 0 Å². The van der Waals surface area contributed by atoms with Crippen molar-refractivity contribution in [3.63, 3.8) is 0 Å². The molecule has 2 N–H and O–H groups in total. The first-order valence-electron chi connectivity index (χ1n) is 5.75. The number of benzene rings is 1. The molecule has 0 atom stereocenters. The first kappa shape index (κ1) is 16.4. The van der Waals surface area contributed by atoms with Crippen LogP contribution in [0.5, 0.6) is 5.75 Å². The summed E-state index contributed by atoms with van der Waals surface area (Å²) < 4.78 is 0. The molecule has 15 heavy (non-hydrogen) atoms. The van der Waals surface area contributed by atoms with Crippen molar-refractivity contribution in [2.24, 2.45) is 0 Å². The molecule has 1 rings (SSSR count). The minimum absolute atomic E-state index is 0.332. The highest BCUT2D eigenvalue weighted by Gasteiger charge is 1.90. The number of nitrogens with one attached hydrogen (secondary N) is 1. The predicted octanol–water partition coefficient (Wildman–Crippen LogP) is 3.21. The van der Waals surface area contributed by atoms with Gasteiger partial charge in [0.1, 0.15) is 5.75 Å². The quantitative estimate of drug-likeness (QED) is 0.804. The number of phenolic OH excluding ortho intramolecular Hbond substituents is 1. The molecule has 2 heteroatoms. The fourth-order valence-corrected chi connectivity index (χ4v) is 0.932. The second-order valence-electron chi connectivity index (χ2n) is 2.52. The summed E-state index contributed by atoms with van der Waals surface area (Å²) in [7, 11) is 1.93. The smallest absolute Gasteiger partial charge is 0.115 e. The van der Waals surface area contributed by atoms with Crippen LogP contribution in [0.3, 0.4) is 0 Å². The van der Waals surface area contributed by atoms with E-state index < -0.39 is 0 Å². The lowest BCUT2D eigenvalue weighted by Crippen LogP contribution is -2.09. The maximum Gasteiger partial charge on any atom is 0.115 e. The van der Waals surface area contributed by atoms with Crippen molar-refractivity contribution in [2.45, 2.75) is 34.1 Å². The van der Waals surface area contributed by atoms with Gasteiger partial charge in [0.15, 0.2) is 0 Å². The number of phenols is 1. The summed E-state index contributed by atoms with van der Waals surface area (Å²) in [5.41, 5.74) is 1.25. The van der Waals surface area contributed by atoms with E-state index in [4.69, 9.17) is 5.11 Å². The molecule has 0 heterocycles. The Balaban J connectivity index is 0. The minimum atomic E-state index is 0.332. The summed E-state index contributed by atoms with van der Waals surface area (Å²) in [4.78, 5) is 0. The van der Waals surface area contributed by atoms with E-state index in [1.54, 1.807) is 12.1 Å². The van der Waals surface area contributed by atoms with Crippen LogP contribution in [0.4, 0.5) is 0 Å². The van der Waals surface area contributed by atoms with E-state index in [0.29, 0.717) is 5.75 Å². The Bertz CT molecular complexity index is 206. The van der Waals surface area contributed by atoms with Gasteiger partial charge in [0, 0.05) is 0 Å². The molecule has 0 fully saturated rings. The standard InChI is InChI=1S/C9H13NO.2C2H6/c1-10-7-6-8-2-4-9(11)5-3-8;2*1-2/h2-5,10-11H,6-7H2,1H3;2*1-2H3. The average Bonchev–Trinajstić information content (AvgIpc) is 2.34. The van der Waals surface area contributed by atoms with E-state index >= 15 is 0 Å². The first-order chi connectivity index (χ1) is 7.33. The van der Waals surface area contributed by atoms with E-state index in [-0.39, 0.29) is 0 Å². The van der Waals surface area contributed by atoms with Crippen molar-refractivity contribution in [3.05, 3.63) is 29.8 Å². The molecule has 0 bridgehead atoms. The van der Waals surface area contributed by atoms with Crippen LogP contribution < -0.4 is 5.32 Å². The molecule has 0 aliphatic rings. The van der Waals surface area contributed by atoms with Crippen LogP contribution in [-0.4, -0.2) is 18.7 Å². The van der Waals surface area contributed by atoms with Gasteiger partial charge in [0.2, 0.25) is 0 Å². The third kappa shape index (κ3) is 9.29. The predicted molar refractivity (Wildman–Crippen MR) is 68.4 cm³/mol. The zero-order valence-corrected chi connectivity index (χ0v) is 10.7. The van der Waals surface area contributed by atoms with Gasteiger partial charge in [-0.3, -0.25) is 0 Å². The lowest BCUT2D eigenvalue weighted by Gasteiger charge is -1.99. The molecule has 2 nitrogen and oxygen atoms in total. The van der Waals surface area contributed by atoms with Gasteiger partial charge in [-0.05, 0) is 37.7 Å². The summed E-state index contributed by atoms with van der Waals surface area (Å²) >= 11 is 0. The van der Waals surface area contributed by atoms with E-state index in [9.17, 15) is 0 Å². The Kier molecular flexibility index (Phi) is 14.2. The van der Waals surface area contributed by atoms with Crippen molar-refractivity contribution in [1.82, 2.24) is 5.32 Å². The Morgan fingerprint density at radius 3 is 1.87 bits per heavy atom. The molecule has 1 aromatic rings. The largest absolute Gasteiger partial charge is 0.508 e. The molecular weight excluding hydrogens is 186 g/mol. The summed E-state index contributed by atoms with van der Waals surface area (Å²) in [5.74, 6) is 0.332. The number of hydrogen-bond donors (Lipinski definition) is 2. The van der Waals surface area contributed by atoms with Gasteiger partial charge >= 0.3 is 0 Å². The lowest BCUT2D eigenvalue weighted by molar-refractivity contribution is 0.475. The number of aromatic hydroxyl groups is 1. The lowest BCUT2D eigenvalue weighted by atomic mass is 10.1. The third-order valence-corrected chi connectivity index (χ3v) is 1.60. The van der Waals surface area contributed by atoms with Crippen LogP contribution in [0.25, 0.3) is 0 Å². The molecule has 0 unspecified atom stereocenters. The highest BCUT2D eigenvalue weighted by Crippen LogP contribution is 2.09. The van der Waals surface area contributed by atoms with E-state index in [2.05, 4.69) is 5.32 Å². The molecule has 0 aliphatic heterocycles. The van der Waals surface area contributed by atoms with Gasteiger partial charge in [-0.2, -0.15) is 0 Å². The van der Waals surface area contributed by atoms with Crippen LogP contribution in [0.2, 0.25) is 0 Å². The van der Waals surface area contributed by atoms with E-state index in [0.717, 1.165) is 13.0 Å². The summed E-state index contributed by atoms with van der Waals surface area (Å²) in [6.45, 7) is 8.98. The zero-order chi connectivity index (χ0) is 12.1. The normalized spacial score (nSPS) is 8.07. The minimum Gasteiger partial charge on any atom is -0.508 e. The highest BCUT2D eigenvalue weighted by molar-refractivity contribution is 5.25. The fraction of sp³-hybridized carbons (Fsp3) is 0.538. The maximum atomic E-state index is 8.97. The van der Waals surface area contributed by atoms with Gasteiger partial charge in [-0.15, -0.1) is 0 Å². The Labute approximate surface area is 94.3 Å². The number of hydrogen-bond acceptors (Lipinski definition) is 2. The fourth-order valence-electron chi connectivity index (χ4n) is 0.932. The summed E-state index contributed by atoms with van der Waals surface area (Å²) in [5, 5.41) is 12.0. The molecule has 0 amide bonds. The average molecular weight is 211 g/mol. The van der Waals surface area contributed by atoms with Gasteiger partial charge in [0.25, 0.3) is 0 Å². The van der Waals surface area contributed by atoms with Crippen molar-refractivity contribution in [2.75, 3.05) is 13.6 Å². The molecule has 0 aromatic heterocycles. The van der Waals surface area contributed by atoms with Crippen LogP contribution in [0, 0.1) is 0 Å².